The molecule has 0 radical (unpaired) electrons. The van der Waals surface area contributed by atoms with Crippen LogP contribution in [0.2, 0.25) is 5.28 Å². The van der Waals surface area contributed by atoms with Crippen molar-refractivity contribution in [3.8, 4) is 0 Å². The van der Waals surface area contributed by atoms with E-state index in [0.29, 0.717) is 5.82 Å². The van der Waals surface area contributed by atoms with Crippen molar-refractivity contribution in [2.75, 3.05) is 17.8 Å². The van der Waals surface area contributed by atoms with Gasteiger partial charge in [0.25, 0.3) is 0 Å². The molecule has 3 unspecified atom stereocenters. The van der Waals surface area contributed by atoms with E-state index in [1.165, 1.54) is 29.5 Å². The molecule has 4 heterocycles. The third kappa shape index (κ3) is 5.58. The summed E-state index contributed by atoms with van der Waals surface area (Å²) in [5, 5.41) is 23.6. The van der Waals surface area contributed by atoms with Crippen LogP contribution in [0.4, 0.5) is 11.6 Å². The molecule has 16 nitrogen and oxygen atoms in total. The molecule has 184 valence electrons. The summed E-state index contributed by atoms with van der Waals surface area (Å²) in [4.78, 5) is 47.7. The topological polar surface area (TPSA) is 235 Å². The zero-order chi connectivity index (χ0) is 24.7. The fourth-order valence-electron chi connectivity index (χ4n) is 3.21. The highest BCUT2D eigenvalue weighted by Crippen LogP contribution is 2.55. The fourth-order valence-corrected chi connectivity index (χ4v) is 5.94. The predicted molar refractivity (Wildman–Crippen MR) is 114 cm³/mol. The number of aliphatic hydroxyl groups is 2. The molecule has 3 aromatic heterocycles. The smallest absolute Gasteiger partial charge is 0.340 e. The van der Waals surface area contributed by atoms with E-state index in [9.17, 15) is 24.2 Å². The molecule has 5 atom stereocenters. The number of imidazole rings is 1. The Morgan fingerprint density at radius 1 is 1.15 bits per heavy atom. The zero-order valence-corrected chi connectivity index (χ0v) is 19.4. The van der Waals surface area contributed by atoms with Gasteiger partial charge >= 0.3 is 15.2 Å². The maximum Gasteiger partial charge on any atom is 0.340 e. The molecular weight excluding hydrogens is 520 g/mol. The van der Waals surface area contributed by atoms with E-state index in [2.05, 4.69) is 30.2 Å². The highest BCUT2D eigenvalue weighted by atomic mass is 35.5. The SMILES string of the molecule is O=P(O)(O)CP(=O)(O)OC[C@H]1O[C@@H](n2cnc3c(Nc4cnccn4)nc(Cl)nc32)C(O)C1O. The highest BCUT2D eigenvalue weighted by Gasteiger charge is 2.45. The standard InChI is InChI=1S/C15H18ClN7O9P2/c16-15-21-12(20-8-3-17-1-2-18-8)9-13(22-15)23(5-19-9)14-11(25)10(24)7(32-14)4-31-34(29,30)6-33(26,27)28/h1-3,5,7,10-11,14,24-25H,4,6H2,(H,29,30)(H2,26,27,28)(H,18,20,21,22)/t7-,10?,11?,14-/m1/s1. The number of ether oxygens (including phenoxy) is 1. The summed E-state index contributed by atoms with van der Waals surface area (Å²) in [6.45, 7) is -0.732. The summed E-state index contributed by atoms with van der Waals surface area (Å²) in [6.07, 6.45) is -0.0642. The van der Waals surface area contributed by atoms with E-state index in [1.807, 2.05) is 0 Å². The van der Waals surface area contributed by atoms with Crippen molar-refractivity contribution in [3.05, 3.63) is 30.2 Å². The van der Waals surface area contributed by atoms with Crippen LogP contribution >= 0.6 is 26.8 Å². The Bertz CT molecular complexity index is 1280. The van der Waals surface area contributed by atoms with Crippen molar-refractivity contribution in [2.24, 2.45) is 0 Å². The van der Waals surface area contributed by atoms with Crippen LogP contribution in [0.1, 0.15) is 6.23 Å². The number of aromatic nitrogens is 6. The number of aliphatic hydroxyl groups excluding tert-OH is 2. The summed E-state index contributed by atoms with van der Waals surface area (Å²) in [7, 11) is -9.52. The largest absolute Gasteiger partial charge is 0.387 e. The van der Waals surface area contributed by atoms with Crippen molar-refractivity contribution >= 4 is 49.6 Å². The van der Waals surface area contributed by atoms with Crippen LogP contribution in [-0.4, -0.2) is 85.2 Å². The second-order valence-corrected chi connectivity index (χ2v) is 11.5. The normalized spacial score (nSPS) is 24.9. The van der Waals surface area contributed by atoms with Crippen molar-refractivity contribution in [1.29, 1.82) is 0 Å². The number of nitrogens with one attached hydrogen (secondary N) is 1. The van der Waals surface area contributed by atoms with Gasteiger partial charge in [-0.05, 0) is 11.6 Å². The molecule has 0 aliphatic carbocycles. The molecule has 0 saturated carbocycles. The first kappa shape index (κ1) is 25.0. The minimum atomic E-state index is -4.83. The van der Waals surface area contributed by atoms with Gasteiger partial charge in [-0.1, -0.05) is 0 Å². The molecule has 0 aromatic carbocycles. The van der Waals surface area contributed by atoms with Gasteiger partial charge in [0.15, 0.2) is 29.1 Å². The van der Waals surface area contributed by atoms with Gasteiger partial charge in [0.1, 0.15) is 24.1 Å². The van der Waals surface area contributed by atoms with Crippen LogP contribution in [0.25, 0.3) is 11.2 Å². The summed E-state index contributed by atoms with van der Waals surface area (Å²) in [5.74, 6) is -0.875. The molecule has 6 N–H and O–H groups in total. The maximum absolute atomic E-state index is 11.9. The molecule has 1 fully saturated rings. The first-order valence-corrected chi connectivity index (χ1v) is 13.3. The Kier molecular flexibility index (Phi) is 6.99. The van der Waals surface area contributed by atoms with Crippen molar-refractivity contribution < 1.29 is 43.3 Å². The van der Waals surface area contributed by atoms with E-state index < -0.39 is 52.2 Å². The Morgan fingerprint density at radius 2 is 1.91 bits per heavy atom. The number of halogens is 1. The minimum absolute atomic E-state index is 0.124. The number of rotatable bonds is 8. The molecule has 3 aromatic rings. The van der Waals surface area contributed by atoms with Gasteiger partial charge in [0.05, 0.1) is 19.1 Å². The van der Waals surface area contributed by atoms with Gasteiger partial charge in [-0.25, -0.2) is 9.97 Å². The average Bonchev–Trinajstić information content (AvgIpc) is 3.27. The van der Waals surface area contributed by atoms with Gasteiger partial charge in [0.2, 0.25) is 5.28 Å². The first-order chi connectivity index (χ1) is 15.9. The van der Waals surface area contributed by atoms with Gasteiger partial charge in [-0.2, -0.15) is 9.97 Å². The molecule has 0 amide bonds. The molecular formula is C15H18ClN7O9P2. The first-order valence-electron chi connectivity index (χ1n) is 9.39. The molecule has 1 aliphatic heterocycles. The average molecular weight is 538 g/mol. The molecule has 1 aliphatic rings. The van der Waals surface area contributed by atoms with E-state index in [1.54, 1.807) is 0 Å². The van der Waals surface area contributed by atoms with Crippen molar-refractivity contribution in [3.63, 3.8) is 0 Å². The third-order valence-electron chi connectivity index (χ3n) is 4.62. The summed E-state index contributed by atoms with van der Waals surface area (Å²) < 4.78 is 34.4. The number of hydrogen-bond acceptors (Lipinski definition) is 12. The molecule has 0 bridgehead atoms. The fraction of sp³-hybridized carbons (Fsp3) is 0.400. The summed E-state index contributed by atoms with van der Waals surface area (Å²) in [5.41, 5.74) is 0.347. The molecule has 34 heavy (non-hydrogen) atoms. The Labute approximate surface area is 195 Å². The van der Waals surface area contributed by atoms with E-state index in [-0.39, 0.29) is 22.3 Å². The summed E-state index contributed by atoms with van der Waals surface area (Å²) in [6, 6.07) is 0. The lowest BCUT2D eigenvalue weighted by molar-refractivity contribution is -0.0483. The third-order valence-corrected chi connectivity index (χ3v) is 8.24. The van der Waals surface area contributed by atoms with Crippen LogP contribution in [0.15, 0.2) is 24.9 Å². The number of fused-ring (bicyclic) bond motifs is 1. The van der Waals surface area contributed by atoms with E-state index >= 15 is 0 Å². The van der Waals surface area contributed by atoms with Crippen molar-refractivity contribution in [1.82, 2.24) is 29.5 Å². The summed E-state index contributed by atoms with van der Waals surface area (Å²) >= 11 is 6.04. The maximum atomic E-state index is 11.9. The predicted octanol–water partition coefficient (Wildman–Crippen LogP) is -0.0303. The Hall–Kier alpha value is -2.10. The van der Waals surface area contributed by atoms with Crippen LogP contribution in [0.5, 0.6) is 0 Å². The lowest BCUT2D eigenvalue weighted by Crippen LogP contribution is -2.33. The van der Waals surface area contributed by atoms with Gasteiger partial charge in [0, 0.05) is 12.4 Å². The molecule has 19 heteroatoms. The Morgan fingerprint density at radius 3 is 2.59 bits per heavy atom. The number of nitrogens with zero attached hydrogens (tertiary/aromatic N) is 6. The van der Waals surface area contributed by atoms with Gasteiger partial charge < -0.3 is 39.5 Å². The monoisotopic (exact) mass is 537 g/mol. The second-order valence-electron chi connectivity index (χ2n) is 7.17. The lowest BCUT2D eigenvalue weighted by Gasteiger charge is -2.18. The lowest BCUT2D eigenvalue weighted by atomic mass is 10.1. The van der Waals surface area contributed by atoms with Crippen molar-refractivity contribution in [2.45, 2.75) is 24.5 Å². The van der Waals surface area contributed by atoms with E-state index in [0.717, 1.165) is 0 Å². The molecule has 1 saturated heterocycles. The van der Waals surface area contributed by atoms with E-state index in [4.69, 9.17) is 30.6 Å². The molecule has 0 spiro atoms. The van der Waals surface area contributed by atoms with Crippen LogP contribution in [-0.2, 0) is 18.4 Å². The minimum Gasteiger partial charge on any atom is -0.387 e. The second kappa shape index (κ2) is 9.51. The van der Waals surface area contributed by atoms with Crippen LogP contribution in [0, 0.1) is 0 Å². The van der Waals surface area contributed by atoms with Crippen LogP contribution in [0.3, 0.4) is 0 Å². The van der Waals surface area contributed by atoms with Crippen LogP contribution < -0.4 is 5.32 Å². The number of anilines is 2. The van der Waals surface area contributed by atoms with Gasteiger partial charge in [-0.15, -0.1) is 0 Å². The zero-order valence-electron chi connectivity index (χ0n) is 16.9. The van der Waals surface area contributed by atoms with Gasteiger partial charge in [-0.3, -0.25) is 18.7 Å². The number of hydrogen-bond donors (Lipinski definition) is 6. The quantitative estimate of drug-likeness (QED) is 0.163. The molecule has 4 rings (SSSR count). The highest BCUT2D eigenvalue weighted by molar-refractivity contribution is 7.70. The Balaban J connectivity index is 1.56.